The average molecular weight is 241 g/mol. The second-order valence-electron chi connectivity index (χ2n) is 4.42. The van der Waals surface area contributed by atoms with E-state index in [9.17, 15) is 9.59 Å². The van der Waals surface area contributed by atoms with Crippen LogP contribution in [0.4, 0.5) is 4.79 Å². The quantitative estimate of drug-likeness (QED) is 0.747. The molecule has 96 valence electrons. The number of hydrogen-bond donors (Lipinski definition) is 2. The van der Waals surface area contributed by atoms with Gasteiger partial charge in [-0.2, -0.15) is 5.26 Å². The van der Waals surface area contributed by atoms with E-state index in [1.165, 1.54) is 11.9 Å². The van der Waals surface area contributed by atoms with Crippen LogP contribution >= 0.6 is 0 Å². The standard InChI is InChI=1S/C11H19N3O3/c1-7(2)9(10(15)16)13-11(17)14(4)6-8(3)5-12/h7-9H,6H2,1-4H3,(H,13,17)(H,15,16). The van der Waals surface area contributed by atoms with Gasteiger partial charge in [-0.05, 0) is 12.8 Å². The van der Waals surface area contributed by atoms with Crippen molar-refractivity contribution in [3.63, 3.8) is 0 Å². The van der Waals surface area contributed by atoms with Crippen molar-refractivity contribution in [2.24, 2.45) is 11.8 Å². The number of nitrogens with one attached hydrogen (secondary N) is 1. The third-order valence-corrected chi connectivity index (χ3v) is 2.33. The maximum Gasteiger partial charge on any atom is 0.326 e. The van der Waals surface area contributed by atoms with Crippen LogP contribution in [-0.4, -0.2) is 41.6 Å². The zero-order chi connectivity index (χ0) is 13.6. The Morgan fingerprint density at radius 3 is 2.29 bits per heavy atom. The van der Waals surface area contributed by atoms with E-state index in [0.717, 1.165) is 0 Å². The van der Waals surface area contributed by atoms with Gasteiger partial charge in [0.05, 0.1) is 12.0 Å². The fourth-order valence-corrected chi connectivity index (χ4v) is 1.29. The van der Waals surface area contributed by atoms with Gasteiger partial charge in [0, 0.05) is 13.6 Å². The van der Waals surface area contributed by atoms with Gasteiger partial charge in [-0.1, -0.05) is 13.8 Å². The average Bonchev–Trinajstić information content (AvgIpc) is 2.23. The van der Waals surface area contributed by atoms with E-state index in [1.54, 1.807) is 20.8 Å². The molecule has 0 radical (unpaired) electrons. The van der Waals surface area contributed by atoms with Crippen LogP contribution in [0.25, 0.3) is 0 Å². The molecule has 0 heterocycles. The highest BCUT2D eigenvalue weighted by Gasteiger charge is 2.25. The lowest BCUT2D eigenvalue weighted by molar-refractivity contribution is -0.140. The van der Waals surface area contributed by atoms with Gasteiger partial charge in [0.1, 0.15) is 6.04 Å². The van der Waals surface area contributed by atoms with Gasteiger partial charge in [0.25, 0.3) is 0 Å². The number of carboxylic acid groups (broad SMARTS) is 1. The summed E-state index contributed by atoms with van der Waals surface area (Å²) in [6, 6.07) is 0.619. The lowest BCUT2D eigenvalue weighted by atomic mass is 10.1. The second-order valence-corrected chi connectivity index (χ2v) is 4.42. The third-order valence-electron chi connectivity index (χ3n) is 2.33. The fourth-order valence-electron chi connectivity index (χ4n) is 1.29. The smallest absolute Gasteiger partial charge is 0.326 e. The summed E-state index contributed by atoms with van der Waals surface area (Å²) in [6.07, 6.45) is 0. The molecule has 0 aliphatic heterocycles. The molecule has 6 nitrogen and oxygen atoms in total. The van der Waals surface area contributed by atoms with E-state index in [-0.39, 0.29) is 18.4 Å². The molecule has 17 heavy (non-hydrogen) atoms. The highest BCUT2D eigenvalue weighted by atomic mass is 16.4. The molecule has 0 saturated heterocycles. The van der Waals surface area contributed by atoms with Crippen molar-refractivity contribution < 1.29 is 14.7 Å². The Labute approximate surface area is 101 Å². The molecule has 6 heteroatoms. The molecule has 0 aliphatic rings. The Bertz CT molecular complexity index is 322. The topological polar surface area (TPSA) is 93.4 Å². The maximum absolute atomic E-state index is 11.7. The monoisotopic (exact) mass is 241 g/mol. The third kappa shape index (κ3) is 5.20. The Morgan fingerprint density at radius 2 is 1.94 bits per heavy atom. The number of carboxylic acids is 1. The largest absolute Gasteiger partial charge is 0.480 e. The number of hydrogen-bond acceptors (Lipinski definition) is 3. The van der Waals surface area contributed by atoms with Crippen molar-refractivity contribution in [3.8, 4) is 6.07 Å². The van der Waals surface area contributed by atoms with Crippen molar-refractivity contribution in [3.05, 3.63) is 0 Å². The number of aliphatic carboxylic acids is 1. The van der Waals surface area contributed by atoms with Crippen molar-refractivity contribution >= 4 is 12.0 Å². The zero-order valence-electron chi connectivity index (χ0n) is 10.6. The predicted octanol–water partition coefficient (Wildman–Crippen LogP) is 0.897. The number of amides is 2. The Balaban J connectivity index is 4.42. The molecule has 0 rings (SSSR count). The first-order chi connectivity index (χ1) is 7.79. The number of carbonyl (C=O) groups is 2. The molecule has 0 aromatic carbocycles. The van der Waals surface area contributed by atoms with E-state index >= 15 is 0 Å². The van der Waals surface area contributed by atoms with Gasteiger partial charge in [0.2, 0.25) is 0 Å². The molecular weight excluding hydrogens is 222 g/mol. The van der Waals surface area contributed by atoms with Crippen molar-refractivity contribution in [2.75, 3.05) is 13.6 Å². The van der Waals surface area contributed by atoms with Gasteiger partial charge in [-0.25, -0.2) is 9.59 Å². The van der Waals surface area contributed by atoms with Crippen LogP contribution in [0.3, 0.4) is 0 Å². The van der Waals surface area contributed by atoms with Crippen LogP contribution in [0, 0.1) is 23.2 Å². The lowest BCUT2D eigenvalue weighted by Gasteiger charge is -2.23. The van der Waals surface area contributed by atoms with E-state index in [1.807, 2.05) is 6.07 Å². The zero-order valence-corrected chi connectivity index (χ0v) is 10.6. The van der Waals surface area contributed by atoms with Gasteiger partial charge >= 0.3 is 12.0 Å². The molecular formula is C11H19N3O3. The Hall–Kier alpha value is -1.77. The first-order valence-electron chi connectivity index (χ1n) is 5.43. The molecule has 0 aromatic heterocycles. The number of nitriles is 1. The van der Waals surface area contributed by atoms with E-state index in [0.29, 0.717) is 0 Å². The van der Waals surface area contributed by atoms with Crippen LogP contribution in [0.1, 0.15) is 20.8 Å². The predicted molar refractivity (Wildman–Crippen MR) is 62.2 cm³/mol. The lowest BCUT2D eigenvalue weighted by Crippen LogP contribution is -2.49. The molecule has 2 atom stereocenters. The van der Waals surface area contributed by atoms with Crippen molar-refractivity contribution in [1.29, 1.82) is 5.26 Å². The molecule has 0 fully saturated rings. The summed E-state index contributed by atoms with van der Waals surface area (Å²) in [4.78, 5) is 23.9. The molecule has 0 spiro atoms. The first kappa shape index (κ1) is 15.2. The first-order valence-corrected chi connectivity index (χ1v) is 5.43. The summed E-state index contributed by atoms with van der Waals surface area (Å²) in [5.41, 5.74) is 0. The van der Waals surface area contributed by atoms with E-state index < -0.39 is 18.0 Å². The van der Waals surface area contributed by atoms with Crippen LogP contribution in [-0.2, 0) is 4.79 Å². The SMILES string of the molecule is CC(C#N)CN(C)C(=O)NC(C(=O)O)C(C)C. The highest BCUT2D eigenvalue weighted by Crippen LogP contribution is 2.03. The minimum atomic E-state index is -1.06. The van der Waals surface area contributed by atoms with Gasteiger partial charge in [-0.3, -0.25) is 0 Å². The minimum absolute atomic E-state index is 0.196. The van der Waals surface area contributed by atoms with Gasteiger partial charge in [-0.15, -0.1) is 0 Å². The second kappa shape index (κ2) is 6.74. The molecule has 2 N–H and O–H groups in total. The van der Waals surface area contributed by atoms with Crippen LogP contribution in [0.5, 0.6) is 0 Å². The number of nitrogens with zero attached hydrogens (tertiary/aromatic N) is 2. The van der Waals surface area contributed by atoms with E-state index in [4.69, 9.17) is 10.4 Å². The number of urea groups is 1. The van der Waals surface area contributed by atoms with E-state index in [2.05, 4.69) is 5.32 Å². The summed E-state index contributed by atoms with van der Waals surface area (Å²) >= 11 is 0. The molecule has 2 amide bonds. The summed E-state index contributed by atoms with van der Waals surface area (Å²) in [5, 5.41) is 20.0. The summed E-state index contributed by atoms with van der Waals surface area (Å²) in [5.74, 6) is -1.54. The Morgan fingerprint density at radius 1 is 1.41 bits per heavy atom. The van der Waals surface area contributed by atoms with Gasteiger partial charge in [0.15, 0.2) is 0 Å². The highest BCUT2D eigenvalue weighted by molar-refractivity contribution is 5.82. The Kier molecular flexibility index (Phi) is 6.03. The van der Waals surface area contributed by atoms with Crippen LogP contribution in [0.2, 0.25) is 0 Å². The molecule has 2 unspecified atom stereocenters. The molecule has 0 saturated carbocycles. The molecule has 0 aromatic rings. The van der Waals surface area contributed by atoms with Gasteiger partial charge < -0.3 is 15.3 Å². The fraction of sp³-hybridized carbons (Fsp3) is 0.727. The number of carbonyl (C=O) groups excluding carboxylic acids is 1. The molecule has 0 aliphatic carbocycles. The van der Waals surface area contributed by atoms with Crippen LogP contribution < -0.4 is 5.32 Å². The normalized spacial score (nSPS) is 13.6. The number of rotatable bonds is 5. The molecule has 0 bridgehead atoms. The summed E-state index contributed by atoms with van der Waals surface area (Å²) in [7, 11) is 1.53. The van der Waals surface area contributed by atoms with Crippen molar-refractivity contribution in [1.82, 2.24) is 10.2 Å². The van der Waals surface area contributed by atoms with Crippen LogP contribution in [0.15, 0.2) is 0 Å². The minimum Gasteiger partial charge on any atom is -0.480 e. The van der Waals surface area contributed by atoms with Crippen molar-refractivity contribution in [2.45, 2.75) is 26.8 Å². The maximum atomic E-state index is 11.7. The summed E-state index contributed by atoms with van der Waals surface area (Å²) < 4.78 is 0. The summed E-state index contributed by atoms with van der Waals surface area (Å²) in [6.45, 7) is 5.40.